The lowest BCUT2D eigenvalue weighted by molar-refractivity contribution is 0.0199. The summed E-state index contributed by atoms with van der Waals surface area (Å²) in [5, 5.41) is 12.4. The summed E-state index contributed by atoms with van der Waals surface area (Å²) in [6, 6.07) is 0. The quantitative estimate of drug-likeness (QED) is 0.596. The van der Waals surface area contributed by atoms with Gasteiger partial charge in [-0.25, -0.2) is 21.9 Å². The van der Waals surface area contributed by atoms with Gasteiger partial charge in [0.2, 0.25) is 10.0 Å². The molecule has 0 aliphatic carbocycles. The smallest absolute Gasteiger partial charge is 0.261 e. The van der Waals surface area contributed by atoms with Gasteiger partial charge in [-0.3, -0.25) is 4.68 Å². The molecular formula is C9H15F2N3O4S. The standard InChI is InChI=1S/C9H15F2N3O4S/c10-9(11)7-18-4-1-13-19(16,17)8-5-12-14(6-8)2-3-15/h5-6,9,13,15H,1-4,7H2. The van der Waals surface area contributed by atoms with Gasteiger partial charge < -0.3 is 9.84 Å². The maximum Gasteiger partial charge on any atom is 0.261 e. The lowest BCUT2D eigenvalue weighted by Crippen LogP contribution is -2.27. The molecule has 0 aliphatic heterocycles. The third-order valence-corrected chi connectivity index (χ3v) is 3.45. The molecule has 0 saturated heterocycles. The van der Waals surface area contributed by atoms with Crippen molar-refractivity contribution in [3.63, 3.8) is 0 Å². The Morgan fingerprint density at radius 3 is 2.89 bits per heavy atom. The van der Waals surface area contributed by atoms with Crippen LogP contribution in [0.25, 0.3) is 0 Å². The van der Waals surface area contributed by atoms with E-state index in [9.17, 15) is 17.2 Å². The van der Waals surface area contributed by atoms with Gasteiger partial charge in [-0.05, 0) is 0 Å². The van der Waals surface area contributed by atoms with Gasteiger partial charge >= 0.3 is 0 Å². The predicted molar refractivity (Wildman–Crippen MR) is 61.3 cm³/mol. The monoisotopic (exact) mass is 299 g/mol. The summed E-state index contributed by atoms with van der Waals surface area (Å²) < 4.78 is 54.9. The molecule has 19 heavy (non-hydrogen) atoms. The Morgan fingerprint density at radius 1 is 1.53 bits per heavy atom. The fourth-order valence-electron chi connectivity index (χ4n) is 1.21. The third kappa shape index (κ3) is 5.59. The van der Waals surface area contributed by atoms with Crippen molar-refractivity contribution in [2.75, 3.05) is 26.4 Å². The Labute approximate surface area is 109 Å². The van der Waals surface area contributed by atoms with Gasteiger partial charge in [-0.15, -0.1) is 0 Å². The van der Waals surface area contributed by atoms with E-state index in [1.54, 1.807) is 0 Å². The number of aliphatic hydroxyl groups excluding tert-OH is 1. The van der Waals surface area contributed by atoms with Gasteiger partial charge in [-0.2, -0.15) is 5.10 Å². The van der Waals surface area contributed by atoms with E-state index in [-0.39, 0.29) is 31.2 Å². The van der Waals surface area contributed by atoms with Crippen molar-refractivity contribution in [2.24, 2.45) is 0 Å². The molecule has 10 heteroatoms. The molecule has 110 valence electrons. The lowest BCUT2D eigenvalue weighted by Gasteiger charge is -2.05. The summed E-state index contributed by atoms with van der Waals surface area (Å²) in [5.41, 5.74) is 0. The summed E-state index contributed by atoms with van der Waals surface area (Å²) >= 11 is 0. The fourth-order valence-corrected chi connectivity index (χ4v) is 2.18. The number of rotatable bonds is 9. The first-order valence-corrected chi connectivity index (χ1v) is 6.93. The van der Waals surface area contributed by atoms with Crippen LogP contribution in [0.2, 0.25) is 0 Å². The Kier molecular flexibility index (Phi) is 6.28. The van der Waals surface area contributed by atoms with E-state index < -0.39 is 23.1 Å². The van der Waals surface area contributed by atoms with Crippen molar-refractivity contribution in [1.29, 1.82) is 0 Å². The predicted octanol–water partition coefficient (Wildman–Crippen LogP) is -0.565. The molecule has 0 amide bonds. The van der Waals surface area contributed by atoms with Gasteiger partial charge in [0.15, 0.2) is 0 Å². The number of aromatic nitrogens is 2. The SMILES string of the molecule is O=S(=O)(NCCOCC(F)F)c1cnn(CCO)c1. The highest BCUT2D eigenvalue weighted by Crippen LogP contribution is 2.06. The number of halogens is 2. The molecule has 0 fully saturated rings. The molecular weight excluding hydrogens is 284 g/mol. The summed E-state index contributed by atoms with van der Waals surface area (Å²) in [4.78, 5) is -0.0604. The number of nitrogens with zero attached hydrogens (tertiary/aromatic N) is 2. The van der Waals surface area contributed by atoms with Gasteiger partial charge in [0.25, 0.3) is 6.43 Å². The number of aliphatic hydroxyl groups is 1. The number of nitrogens with one attached hydrogen (secondary N) is 1. The highest BCUT2D eigenvalue weighted by atomic mass is 32.2. The minimum Gasteiger partial charge on any atom is -0.394 e. The zero-order valence-corrected chi connectivity index (χ0v) is 10.8. The first-order chi connectivity index (χ1) is 8.95. The Morgan fingerprint density at radius 2 is 2.26 bits per heavy atom. The topological polar surface area (TPSA) is 93.5 Å². The van der Waals surface area contributed by atoms with Crippen molar-refractivity contribution >= 4 is 10.0 Å². The average molecular weight is 299 g/mol. The Balaban J connectivity index is 2.42. The maximum absolute atomic E-state index is 11.7. The molecule has 2 N–H and O–H groups in total. The van der Waals surface area contributed by atoms with E-state index >= 15 is 0 Å². The van der Waals surface area contributed by atoms with Crippen LogP contribution in [0.5, 0.6) is 0 Å². The molecule has 1 heterocycles. The first-order valence-electron chi connectivity index (χ1n) is 5.44. The summed E-state index contributed by atoms with van der Waals surface area (Å²) in [6.07, 6.45) is -0.176. The molecule has 1 rings (SSSR count). The molecule has 0 atom stereocenters. The highest BCUT2D eigenvalue weighted by molar-refractivity contribution is 7.89. The number of alkyl halides is 2. The minimum atomic E-state index is -3.74. The fraction of sp³-hybridized carbons (Fsp3) is 0.667. The molecule has 1 aromatic heterocycles. The van der Waals surface area contributed by atoms with Crippen LogP contribution in [0.1, 0.15) is 0 Å². The number of hydrogen-bond donors (Lipinski definition) is 2. The highest BCUT2D eigenvalue weighted by Gasteiger charge is 2.15. The van der Waals surface area contributed by atoms with E-state index in [0.717, 1.165) is 6.20 Å². The average Bonchev–Trinajstić information content (AvgIpc) is 2.78. The van der Waals surface area contributed by atoms with Crippen molar-refractivity contribution in [3.8, 4) is 0 Å². The van der Waals surface area contributed by atoms with Gasteiger partial charge in [-0.1, -0.05) is 0 Å². The van der Waals surface area contributed by atoms with Crippen LogP contribution < -0.4 is 4.72 Å². The van der Waals surface area contributed by atoms with E-state index in [0.29, 0.717) is 0 Å². The maximum atomic E-state index is 11.7. The van der Waals surface area contributed by atoms with E-state index in [4.69, 9.17) is 5.11 Å². The Bertz CT molecular complexity index is 478. The van der Waals surface area contributed by atoms with Crippen molar-refractivity contribution < 1.29 is 27.0 Å². The zero-order valence-electron chi connectivity index (χ0n) is 10.00. The van der Waals surface area contributed by atoms with E-state index in [1.807, 2.05) is 0 Å². The Hall–Kier alpha value is -1.10. The number of hydrogen-bond acceptors (Lipinski definition) is 5. The summed E-state index contributed by atoms with van der Waals surface area (Å²) in [5.74, 6) is 0. The van der Waals surface area contributed by atoms with Crippen LogP contribution in [0, 0.1) is 0 Å². The van der Waals surface area contributed by atoms with Crippen LogP contribution in [0.4, 0.5) is 8.78 Å². The number of ether oxygens (including phenoxy) is 1. The van der Waals surface area contributed by atoms with Crippen molar-refractivity contribution in [2.45, 2.75) is 17.9 Å². The molecule has 0 aromatic carbocycles. The molecule has 0 aliphatic rings. The van der Waals surface area contributed by atoms with Crippen LogP contribution in [-0.4, -0.2) is 56.1 Å². The molecule has 0 bridgehead atoms. The van der Waals surface area contributed by atoms with Crippen LogP contribution in [-0.2, 0) is 21.3 Å². The summed E-state index contributed by atoms with van der Waals surface area (Å²) in [7, 11) is -3.74. The van der Waals surface area contributed by atoms with Crippen molar-refractivity contribution in [3.05, 3.63) is 12.4 Å². The molecule has 0 spiro atoms. The van der Waals surface area contributed by atoms with Gasteiger partial charge in [0, 0.05) is 12.7 Å². The lowest BCUT2D eigenvalue weighted by atomic mass is 10.7. The number of sulfonamides is 1. The molecule has 1 aromatic rings. The molecule has 7 nitrogen and oxygen atoms in total. The van der Waals surface area contributed by atoms with Crippen LogP contribution in [0.15, 0.2) is 17.3 Å². The van der Waals surface area contributed by atoms with Gasteiger partial charge in [0.1, 0.15) is 11.5 Å². The molecule has 0 radical (unpaired) electrons. The van der Waals surface area contributed by atoms with E-state index in [2.05, 4.69) is 14.6 Å². The summed E-state index contributed by atoms with van der Waals surface area (Å²) in [6.45, 7) is -0.951. The molecule has 0 saturated carbocycles. The second-order valence-electron chi connectivity index (χ2n) is 3.53. The minimum absolute atomic E-state index is 0.0604. The first kappa shape index (κ1) is 16.0. The largest absolute Gasteiger partial charge is 0.394 e. The molecule has 0 unspecified atom stereocenters. The second kappa shape index (κ2) is 7.48. The van der Waals surface area contributed by atoms with Crippen LogP contribution >= 0.6 is 0 Å². The zero-order chi connectivity index (χ0) is 14.3. The van der Waals surface area contributed by atoms with Gasteiger partial charge in [0.05, 0.1) is 26.0 Å². The normalized spacial score (nSPS) is 12.2. The van der Waals surface area contributed by atoms with Crippen LogP contribution in [0.3, 0.4) is 0 Å². The third-order valence-electron chi connectivity index (χ3n) is 2.03. The van der Waals surface area contributed by atoms with Crippen molar-refractivity contribution in [1.82, 2.24) is 14.5 Å². The second-order valence-corrected chi connectivity index (χ2v) is 5.29. The van der Waals surface area contributed by atoms with E-state index in [1.165, 1.54) is 10.9 Å².